The number of hydrogen-bond donors (Lipinski definition) is 1. The van der Waals surface area contributed by atoms with E-state index in [0.717, 1.165) is 57.9 Å². The minimum atomic E-state index is -0.0677. The number of thiazole rings is 1. The molecule has 37 heavy (non-hydrogen) atoms. The van der Waals surface area contributed by atoms with Crippen LogP contribution in [0.15, 0.2) is 61.1 Å². The monoisotopic (exact) mass is 529 g/mol. The van der Waals surface area contributed by atoms with Crippen LogP contribution in [0, 0.1) is 6.92 Å². The molecular formula is C27H24ClN7OS. The maximum atomic E-state index is 13.8. The van der Waals surface area contributed by atoms with Gasteiger partial charge in [-0.05, 0) is 42.8 Å². The average molecular weight is 530 g/mol. The molecule has 1 amide bonds. The van der Waals surface area contributed by atoms with Gasteiger partial charge >= 0.3 is 0 Å². The summed E-state index contributed by atoms with van der Waals surface area (Å²) in [5.41, 5.74) is 4.84. The summed E-state index contributed by atoms with van der Waals surface area (Å²) < 4.78 is 0. The predicted octanol–water partition coefficient (Wildman–Crippen LogP) is 5.06. The Kier molecular flexibility index (Phi) is 6.42. The first-order chi connectivity index (χ1) is 18.1. The van der Waals surface area contributed by atoms with Crippen LogP contribution in [0.25, 0.3) is 32.0 Å². The Bertz CT molecular complexity index is 1560. The van der Waals surface area contributed by atoms with Crippen molar-refractivity contribution < 1.29 is 4.79 Å². The van der Waals surface area contributed by atoms with Crippen molar-refractivity contribution in [3.05, 3.63) is 83.0 Å². The second-order valence-corrected chi connectivity index (χ2v) is 10.4. The number of piperazine rings is 1. The lowest BCUT2D eigenvalue weighted by Crippen LogP contribution is -2.48. The summed E-state index contributed by atoms with van der Waals surface area (Å²) in [7, 11) is 0. The van der Waals surface area contributed by atoms with Crippen molar-refractivity contribution in [2.24, 2.45) is 0 Å². The van der Waals surface area contributed by atoms with Gasteiger partial charge in [0.2, 0.25) is 0 Å². The zero-order valence-electron chi connectivity index (χ0n) is 20.2. The number of carbonyl (C=O) groups excluding carboxylic acids is 1. The molecule has 0 aliphatic carbocycles. The molecule has 186 valence electrons. The first-order valence-electron chi connectivity index (χ1n) is 12.0. The minimum Gasteiger partial charge on any atom is -0.335 e. The maximum Gasteiger partial charge on any atom is 0.274 e. The summed E-state index contributed by atoms with van der Waals surface area (Å²) in [5, 5.41) is 9.91. The van der Waals surface area contributed by atoms with Gasteiger partial charge in [-0.25, -0.2) is 4.98 Å². The second kappa shape index (κ2) is 10.0. The summed E-state index contributed by atoms with van der Waals surface area (Å²) in [6.45, 7) is 5.56. The highest BCUT2D eigenvalue weighted by Crippen LogP contribution is 2.38. The molecule has 8 nitrogen and oxygen atoms in total. The molecule has 1 saturated heterocycles. The minimum absolute atomic E-state index is 0.0677. The summed E-state index contributed by atoms with van der Waals surface area (Å²) in [5.74, 6) is -0.0677. The van der Waals surface area contributed by atoms with E-state index in [1.165, 1.54) is 11.3 Å². The Hall–Kier alpha value is -3.66. The van der Waals surface area contributed by atoms with Gasteiger partial charge in [-0.15, -0.1) is 11.3 Å². The number of nitrogens with one attached hydrogen (secondary N) is 1. The molecule has 6 rings (SSSR count). The van der Waals surface area contributed by atoms with E-state index in [4.69, 9.17) is 16.6 Å². The SMILES string of the molecule is Cc1c(Cl)ccc2c(-c3nc(C(=O)N4CCN(Cc5ccccn5)CC4)c(-c4cccnc4)s3)[nH]nc12. The van der Waals surface area contributed by atoms with Crippen molar-refractivity contribution in [3.63, 3.8) is 0 Å². The number of pyridine rings is 2. The number of carbonyl (C=O) groups is 1. The molecule has 1 aliphatic rings. The first-order valence-corrected chi connectivity index (χ1v) is 13.2. The van der Waals surface area contributed by atoms with E-state index in [2.05, 4.69) is 25.1 Å². The fourth-order valence-corrected chi connectivity index (χ4v) is 5.81. The number of benzene rings is 1. The molecule has 0 unspecified atom stereocenters. The van der Waals surface area contributed by atoms with Gasteiger partial charge in [0.15, 0.2) is 0 Å². The highest BCUT2D eigenvalue weighted by Gasteiger charge is 2.28. The molecule has 10 heteroatoms. The molecule has 4 aromatic heterocycles. The molecule has 1 aromatic carbocycles. The summed E-state index contributed by atoms with van der Waals surface area (Å²) in [4.78, 5) is 32.4. The molecule has 0 spiro atoms. The Morgan fingerprint density at radius 2 is 1.95 bits per heavy atom. The van der Waals surface area contributed by atoms with Crippen molar-refractivity contribution in [3.8, 4) is 21.1 Å². The lowest BCUT2D eigenvalue weighted by molar-refractivity contribution is 0.0623. The van der Waals surface area contributed by atoms with E-state index in [1.807, 2.05) is 60.5 Å². The number of aryl methyl sites for hydroxylation is 1. The Balaban J connectivity index is 1.30. The largest absolute Gasteiger partial charge is 0.335 e. The van der Waals surface area contributed by atoms with Crippen LogP contribution in [0.1, 0.15) is 21.7 Å². The quantitative estimate of drug-likeness (QED) is 0.342. The van der Waals surface area contributed by atoms with Gasteiger partial charge in [-0.1, -0.05) is 23.7 Å². The van der Waals surface area contributed by atoms with Crippen LogP contribution in [-0.2, 0) is 6.54 Å². The Labute approximate surface area is 223 Å². The van der Waals surface area contributed by atoms with Gasteiger partial charge < -0.3 is 4.90 Å². The third kappa shape index (κ3) is 4.61. The van der Waals surface area contributed by atoms with Crippen molar-refractivity contribution in [2.45, 2.75) is 13.5 Å². The third-order valence-corrected chi connectivity index (χ3v) is 8.18. The number of hydrogen-bond acceptors (Lipinski definition) is 7. The molecular weight excluding hydrogens is 506 g/mol. The maximum absolute atomic E-state index is 13.8. The zero-order chi connectivity index (χ0) is 25.4. The molecule has 0 bridgehead atoms. The normalized spacial score (nSPS) is 14.4. The van der Waals surface area contributed by atoms with Gasteiger partial charge in [-0.3, -0.25) is 24.8 Å². The van der Waals surface area contributed by atoms with Crippen LogP contribution >= 0.6 is 22.9 Å². The molecule has 0 saturated carbocycles. The second-order valence-electron chi connectivity index (χ2n) is 9.00. The molecule has 5 aromatic rings. The van der Waals surface area contributed by atoms with E-state index in [9.17, 15) is 4.79 Å². The Morgan fingerprint density at radius 3 is 2.70 bits per heavy atom. The molecule has 1 aliphatic heterocycles. The van der Waals surface area contributed by atoms with Crippen LogP contribution in [0.3, 0.4) is 0 Å². The number of aromatic nitrogens is 5. The van der Waals surface area contributed by atoms with Gasteiger partial charge in [0, 0.05) is 67.3 Å². The molecule has 1 N–H and O–H groups in total. The molecule has 0 radical (unpaired) electrons. The van der Waals surface area contributed by atoms with E-state index < -0.39 is 0 Å². The van der Waals surface area contributed by atoms with Crippen molar-refractivity contribution in [2.75, 3.05) is 26.2 Å². The van der Waals surface area contributed by atoms with Crippen molar-refractivity contribution >= 4 is 39.7 Å². The van der Waals surface area contributed by atoms with Gasteiger partial charge in [0.1, 0.15) is 16.4 Å². The number of halogens is 1. The van der Waals surface area contributed by atoms with Crippen LogP contribution in [-0.4, -0.2) is 67.0 Å². The van der Waals surface area contributed by atoms with Gasteiger partial charge in [-0.2, -0.15) is 5.10 Å². The number of rotatable bonds is 5. The summed E-state index contributed by atoms with van der Waals surface area (Å²) in [6.07, 6.45) is 5.31. The Morgan fingerprint density at radius 1 is 1.08 bits per heavy atom. The molecule has 1 fully saturated rings. The molecule has 5 heterocycles. The highest BCUT2D eigenvalue weighted by atomic mass is 35.5. The fraction of sp³-hybridized carbons (Fsp3) is 0.222. The average Bonchev–Trinajstić information content (AvgIpc) is 3.57. The van der Waals surface area contributed by atoms with Crippen LogP contribution < -0.4 is 0 Å². The van der Waals surface area contributed by atoms with E-state index in [1.54, 1.807) is 12.4 Å². The number of aromatic amines is 1. The fourth-order valence-electron chi connectivity index (χ4n) is 4.60. The first kappa shape index (κ1) is 23.7. The van der Waals surface area contributed by atoms with E-state index in [0.29, 0.717) is 28.8 Å². The van der Waals surface area contributed by atoms with E-state index >= 15 is 0 Å². The van der Waals surface area contributed by atoms with Crippen molar-refractivity contribution in [1.29, 1.82) is 0 Å². The zero-order valence-corrected chi connectivity index (χ0v) is 21.8. The molecule has 0 atom stereocenters. The number of fused-ring (bicyclic) bond motifs is 1. The van der Waals surface area contributed by atoms with Crippen LogP contribution in [0.5, 0.6) is 0 Å². The van der Waals surface area contributed by atoms with Crippen LogP contribution in [0.2, 0.25) is 5.02 Å². The van der Waals surface area contributed by atoms with Crippen molar-refractivity contribution in [1.82, 2.24) is 34.9 Å². The summed E-state index contributed by atoms with van der Waals surface area (Å²) >= 11 is 7.77. The number of H-pyrrole nitrogens is 1. The predicted molar refractivity (Wildman–Crippen MR) is 146 cm³/mol. The van der Waals surface area contributed by atoms with Gasteiger partial charge in [0.05, 0.1) is 16.1 Å². The third-order valence-electron chi connectivity index (χ3n) is 6.65. The topological polar surface area (TPSA) is 90.9 Å². The number of amides is 1. The number of nitrogens with zero attached hydrogens (tertiary/aromatic N) is 6. The van der Waals surface area contributed by atoms with E-state index in [-0.39, 0.29) is 5.91 Å². The summed E-state index contributed by atoms with van der Waals surface area (Å²) in [6, 6.07) is 13.6. The lowest BCUT2D eigenvalue weighted by atomic mass is 10.1. The van der Waals surface area contributed by atoms with Gasteiger partial charge in [0.25, 0.3) is 5.91 Å². The standard InChI is InChI=1S/C27H24ClN7OS/c1-17-21(28)8-7-20-22(17)32-33-23(20)26-31-24(25(37-26)18-5-4-9-29-15-18)27(36)35-13-11-34(12-14-35)16-19-6-2-3-10-30-19/h2-10,15H,11-14,16H2,1H3,(H,32,33). The van der Waals surface area contributed by atoms with Crippen LogP contribution in [0.4, 0.5) is 0 Å². The highest BCUT2D eigenvalue weighted by molar-refractivity contribution is 7.18. The lowest BCUT2D eigenvalue weighted by Gasteiger charge is -2.34. The smallest absolute Gasteiger partial charge is 0.274 e.